The van der Waals surface area contributed by atoms with Crippen molar-refractivity contribution in [3.63, 3.8) is 0 Å². The fourth-order valence-corrected chi connectivity index (χ4v) is 3.23. The van der Waals surface area contributed by atoms with E-state index in [0.29, 0.717) is 23.8 Å². The average molecular weight is 544 g/mol. The molecule has 0 aromatic heterocycles. The predicted molar refractivity (Wildman–Crippen MR) is 126 cm³/mol. The van der Waals surface area contributed by atoms with Gasteiger partial charge >= 0.3 is 0 Å². The van der Waals surface area contributed by atoms with Crippen LogP contribution in [-0.4, -0.2) is 0 Å². The first-order chi connectivity index (χ1) is 18.0. The van der Waals surface area contributed by atoms with Gasteiger partial charge in [-0.3, -0.25) is 4.94 Å². The van der Waals surface area contributed by atoms with Gasteiger partial charge in [0.1, 0.15) is 29.9 Å². The lowest BCUT2D eigenvalue weighted by atomic mass is 10.0. The monoisotopic (exact) mass is 544 g/mol. The number of halogens is 9. The van der Waals surface area contributed by atoms with Crippen LogP contribution in [0.25, 0.3) is 22.3 Å². The third-order valence-corrected chi connectivity index (χ3v) is 5.03. The van der Waals surface area contributed by atoms with Crippen LogP contribution in [0.2, 0.25) is 0 Å². The van der Waals surface area contributed by atoms with E-state index in [-0.39, 0.29) is 28.0 Å². The zero-order chi connectivity index (χ0) is 28.6. The van der Waals surface area contributed by atoms with Crippen LogP contribution in [0.1, 0.15) is 25.0 Å². The maximum atomic E-state index is 13.7. The topological polar surface area (TPSA) is 9.23 Å². The Balaban J connectivity index is 0.000000251. The van der Waals surface area contributed by atoms with Crippen molar-refractivity contribution in [3.05, 3.63) is 113 Å². The second kappa shape index (κ2) is 13.6. The number of alkyl halides is 1. The zero-order valence-electron chi connectivity index (χ0n) is 20.3. The first kappa shape index (κ1) is 30.3. The lowest BCUT2D eigenvalue weighted by molar-refractivity contribution is -0.00652. The van der Waals surface area contributed by atoms with Gasteiger partial charge in [0, 0.05) is 21.7 Å². The van der Waals surface area contributed by atoms with E-state index in [4.69, 9.17) is 0 Å². The molecule has 4 aromatic rings. The third-order valence-electron chi connectivity index (χ3n) is 5.03. The van der Waals surface area contributed by atoms with Gasteiger partial charge in [0.15, 0.2) is 23.2 Å². The Hall–Kier alpha value is -3.95. The molecular formula is C28H21F9O. The maximum absolute atomic E-state index is 13.7. The highest BCUT2D eigenvalue weighted by Crippen LogP contribution is 2.29. The molecule has 0 aliphatic rings. The van der Waals surface area contributed by atoms with Gasteiger partial charge in [0.05, 0.1) is 5.56 Å². The Kier molecular flexibility index (Phi) is 10.8. The normalized spacial score (nSPS) is 10.2. The number of rotatable bonds is 4. The van der Waals surface area contributed by atoms with Gasteiger partial charge in [-0.25, -0.2) is 35.1 Å². The van der Waals surface area contributed by atoms with E-state index in [2.05, 4.69) is 4.94 Å². The zero-order valence-corrected chi connectivity index (χ0v) is 20.3. The van der Waals surface area contributed by atoms with E-state index in [0.717, 1.165) is 24.3 Å². The molecule has 4 rings (SSSR count). The molecule has 4 aromatic carbocycles. The summed E-state index contributed by atoms with van der Waals surface area (Å²) in [6, 6.07) is 10.3. The number of benzene rings is 4. The molecule has 0 aliphatic carbocycles. The minimum Gasteiger partial charge on any atom is -0.294 e. The molecule has 0 amide bonds. The second-order valence-electron chi connectivity index (χ2n) is 7.51. The summed E-state index contributed by atoms with van der Waals surface area (Å²) in [4.78, 5) is 3.30. The predicted octanol–water partition coefficient (Wildman–Crippen LogP) is 9.75. The van der Waals surface area contributed by atoms with E-state index >= 15 is 0 Å². The Morgan fingerprint density at radius 3 is 1.45 bits per heavy atom. The maximum Gasteiger partial charge on any atom is 0.194 e. The van der Waals surface area contributed by atoms with Crippen LogP contribution in [0.4, 0.5) is 39.6 Å². The molecular weight excluding hydrogens is 523 g/mol. The Morgan fingerprint density at radius 2 is 1.03 bits per heavy atom. The number of hydrogen-bond acceptors (Lipinski definition) is 1. The smallest absolute Gasteiger partial charge is 0.194 e. The van der Waals surface area contributed by atoms with E-state index in [1.165, 1.54) is 12.1 Å². The highest BCUT2D eigenvalue weighted by Gasteiger charge is 2.15. The lowest BCUT2D eigenvalue weighted by Gasteiger charge is -2.07. The third kappa shape index (κ3) is 7.08. The molecule has 0 heterocycles. The Bertz CT molecular complexity index is 1360. The molecule has 38 heavy (non-hydrogen) atoms. The SMILES string of the molecule is CC.Cc1ccc(-c2cc(F)c(CF)c(F)c2)c(F)c1.FOc1ccc(-c2cc(F)c(F)c(F)c2)c(F)c1. The number of hydrogen-bond donors (Lipinski definition) is 0. The van der Waals surface area contributed by atoms with Crippen LogP contribution in [0.3, 0.4) is 0 Å². The summed E-state index contributed by atoms with van der Waals surface area (Å²) in [5.74, 6) is -8.43. The van der Waals surface area contributed by atoms with Gasteiger partial charge in [-0.1, -0.05) is 26.0 Å². The molecule has 0 spiro atoms. The van der Waals surface area contributed by atoms with Gasteiger partial charge in [0.25, 0.3) is 0 Å². The van der Waals surface area contributed by atoms with Gasteiger partial charge in [-0.2, -0.15) is 0 Å². The quantitative estimate of drug-likeness (QED) is 0.184. The van der Waals surface area contributed by atoms with Crippen LogP contribution in [0.15, 0.2) is 60.7 Å². The molecule has 0 bridgehead atoms. The number of aryl methyl sites for hydroxylation is 1. The van der Waals surface area contributed by atoms with Crippen LogP contribution in [-0.2, 0) is 6.67 Å². The van der Waals surface area contributed by atoms with Crippen molar-refractivity contribution in [3.8, 4) is 28.0 Å². The van der Waals surface area contributed by atoms with Crippen molar-refractivity contribution in [2.75, 3.05) is 0 Å². The average Bonchev–Trinajstić information content (AvgIpc) is 2.88. The highest BCUT2D eigenvalue weighted by molar-refractivity contribution is 5.66. The van der Waals surface area contributed by atoms with E-state index in [9.17, 15) is 39.6 Å². The van der Waals surface area contributed by atoms with Crippen LogP contribution in [0.5, 0.6) is 5.75 Å². The second-order valence-corrected chi connectivity index (χ2v) is 7.51. The molecule has 0 radical (unpaired) electrons. The van der Waals surface area contributed by atoms with Crippen LogP contribution < -0.4 is 4.94 Å². The fraction of sp³-hybridized carbons (Fsp3) is 0.143. The van der Waals surface area contributed by atoms with Gasteiger partial charge in [-0.05, 0) is 66.1 Å². The van der Waals surface area contributed by atoms with E-state index in [1.54, 1.807) is 13.0 Å². The summed E-state index contributed by atoms with van der Waals surface area (Å²) in [6.45, 7) is 4.48. The van der Waals surface area contributed by atoms with Crippen molar-refractivity contribution >= 4 is 0 Å². The van der Waals surface area contributed by atoms with Crippen molar-refractivity contribution < 1.29 is 44.6 Å². The lowest BCUT2D eigenvalue weighted by Crippen LogP contribution is -1.95. The summed E-state index contributed by atoms with van der Waals surface area (Å²) >= 11 is 0. The standard InChI is InChI=1S/C14H10F4.C12H5F5O.C2H6/c1-8-2-3-10(12(16)4-8)9-5-13(17)11(7-15)14(18)6-9;13-9-5-7(18-17)1-2-8(9)6-3-10(14)12(16)11(15)4-6;1-2/h2-6H,7H2,1H3;1-5H;1-2H3. The first-order valence-corrected chi connectivity index (χ1v) is 11.1. The summed E-state index contributed by atoms with van der Waals surface area (Å²) in [5.41, 5.74) is -0.185. The molecule has 0 atom stereocenters. The molecule has 0 saturated heterocycles. The summed E-state index contributed by atoms with van der Waals surface area (Å²) in [5, 5.41) is 0. The Morgan fingerprint density at radius 1 is 0.579 bits per heavy atom. The van der Waals surface area contributed by atoms with Crippen LogP contribution in [0, 0.1) is 47.6 Å². The molecule has 202 valence electrons. The van der Waals surface area contributed by atoms with Crippen molar-refractivity contribution in [2.24, 2.45) is 0 Å². The van der Waals surface area contributed by atoms with E-state index < -0.39 is 53.0 Å². The Labute approximate surface area is 213 Å². The fourth-order valence-electron chi connectivity index (χ4n) is 3.23. The molecule has 1 nitrogen and oxygen atoms in total. The largest absolute Gasteiger partial charge is 0.294 e. The van der Waals surface area contributed by atoms with Crippen molar-refractivity contribution in [1.29, 1.82) is 0 Å². The van der Waals surface area contributed by atoms with E-state index in [1.807, 2.05) is 13.8 Å². The minimum absolute atomic E-state index is 0.0553. The molecule has 0 fully saturated rings. The molecule has 10 heteroatoms. The van der Waals surface area contributed by atoms with Crippen LogP contribution >= 0.6 is 0 Å². The highest BCUT2D eigenvalue weighted by atomic mass is 19.3. The summed E-state index contributed by atoms with van der Waals surface area (Å²) in [6.07, 6.45) is 0. The first-order valence-electron chi connectivity index (χ1n) is 11.1. The molecule has 0 aliphatic heterocycles. The van der Waals surface area contributed by atoms with Gasteiger partial charge in [0.2, 0.25) is 0 Å². The summed E-state index contributed by atoms with van der Waals surface area (Å²) in [7, 11) is 0. The minimum atomic E-state index is -1.64. The van der Waals surface area contributed by atoms with Crippen molar-refractivity contribution in [2.45, 2.75) is 27.4 Å². The van der Waals surface area contributed by atoms with Gasteiger partial charge < -0.3 is 0 Å². The van der Waals surface area contributed by atoms with Crippen molar-refractivity contribution in [1.82, 2.24) is 0 Å². The summed E-state index contributed by atoms with van der Waals surface area (Å²) < 4.78 is 117. The molecule has 0 N–H and O–H groups in total. The molecule has 0 unspecified atom stereocenters. The molecule has 0 saturated carbocycles. The van der Waals surface area contributed by atoms with Gasteiger partial charge in [-0.15, -0.1) is 0 Å².